The van der Waals surface area contributed by atoms with Crippen molar-refractivity contribution in [3.05, 3.63) is 0 Å². The fourth-order valence-electron chi connectivity index (χ4n) is 2.12. The van der Waals surface area contributed by atoms with Gasteiger partial charge in [-0.2, -0.15) is 0 Å². The van der Waals surface area contributed by atoms with Crippen molar-refractivity contribution < 1.29 is 4.79 Å². The molecule has 92 valence electrons. The van der Waals surface area contributed by atoms with Crippen molar-refractivity contribution in [1.29, 1.82) is 0 Å². The molecule has 0 aromatic rings. The Bertz CT molecular complexity index is 236. The Morgan fingerprint density at radius 3 is 2.56 bits per heavy atom. The van der Waals surface area contributed by atoms with Crippen LogP contribution in [0, 0.1) is 0 Å². The van der Waals surface area contributed by atoms with Crippen LogP contribution in [0.2, 0.25) is 0 Å². The highest BCUT2D eigenvalue weighted by atomic mass is 16.2. The summed E-state index contributed by atoms with van der Waals surface area (Å²) < 4.78 is 0. The normalized spacial score (nSPS) is 20.9. The van der Waals surface area contributed by atoms with Crippen molar-refractivity contribution in [1.82, 2.24) is 10.2 Å². The van der Waals surface area contributed by atoms with Gasteiger partial charge in [-0.3, -0.25) is 9.69 Å². The highest BCUT2D eigenvalue weighted by molar-refractivity contribution is 5.78. The number of carbonyl (C=O) groups excluding carboxylic acids is 1. The molecule has 0 spiro atoms. The number of hydrogen-bond acceptors (Lipinski definition) is 3. The van der Waals surface area contributed by atoms with Crippen LogP contribution < -0.4 is 11.1 Å². The van der Waals surface area contributed by atoms with Crippen molar-refractivity contribution in [3.8, 4) is 0 Å². The van der Waals surface area contributed by atoms with Crippen molar-refractivity contribution in [3.63, 3.8) is 0 Å². The Hall–Kier alpha value is -0.610. The molecule has 0 aromatic carbocycles. The highest BCUT2D eigenvalue weighted by Crippen LogP contribution is 2.25. The molecule has 0 unspecified atom stereocenters. The summed E-state index contributed by atoms with van der Waals surface area (Å²) in [6.07, 6.45) is 7.14. The highest BCUT2D eigenvalue weighted by Gasteiger charge is 2.28. The summed E-state index contributed by atoms with van der Waals surface area (Å²) >= 11 is 0. The topological polar surface area (TPSA) is 58.4 Å². The van der Waals surface area contributed by atoms with Crippen molar-refractivity contribution in [2.45, 2.75) is 50.6 Å². The first-order valence-electron chi connectivity index (χ1n) is 6.53. The lowest BCUT2D eigenvalue weighted by Gasteiger charge is -2.37. The van der Waals surface area contributed by atoms with Crippen LogP contribution in [0.25, 0.3) is 0 Å². The Morgan fingerprint density at radius 2 is 2.06 bits per heavy atom. The molecule has 4 nitrogen and oxygen atoms in total. The maximum absolute atomic E-state index is 11.7. The van der Waals surface area contributed by atoms with Crippen LogP contribution >= 0.6 is 0 Å². The second kappa shape index (κ2) is 5.64. The van der Waals surface area contributed by atoms with Gasteiger partial charge in [0.2, 0.25) is 5.91 Å². The van der Waals surface area contributed by atoms with E-state index in [4.69, 9.17) is 5.73 Å². The zero-order valence-corrected chi connectivity index (χ0v) is 9.95. The number of nitrogens with zero attached hydrogens (tertiary/aromatic N) is 1. The number of amides is 1. The molecule has 2 fully saturated rings. The molecule has 1 amide bonds. The zero-order valence-electron chi connectivity index (χ0n) is 9.95. The number of rotatable bonds is 7. The number of carbonyl (C=O) groups is 1. The quantitative estimate of drug-likeness (QED) is 0.662. The number of nitrogens with two attached hydrogens (primary N) is 1. The SMILES string of the molecule is NCCCN(CC(=O)NC1CC1)C1CCC1. The van der Waals surface area contributed by atoms with Crippen LogP contribution in [0.15, 0.2) is 0 Å². The molecule has 0 aliphatic heterocycles. The summed E-state index contributed by atoms with van der Waals surface area (Å²) in [5.41, 5.74) is 5.53. The minimum Gasteiger partial charge on any atom is -0.352 e. The molecule has 0 bridgehead atoms. The summed E-state index contributed by atoms with van der Waals surface area (Å²) in [6.45, 7) is 2.26. The standard InChI is InChI=1S/C12H23N3O/c13-7-2-8-15(11-3-1-4-11)9-12(16)14-10-5-6-10/h10-11H,1-9,13H2,(H,14,16). The maximum Gasteiger partial charge on any atom is 0.234 e. The predicted octanol–water partition coefficient (Wildman–Crippen LogP) is 0.468. The Labute approximate surface area is 97.6 Å². The molecule has 0 saturated heterocycles. The van der Waals surface area contributed by atoms with E-state index in [9.17, 15) is 4.79 Å². The minimum absolute atomic E-state index is 0.200. The third-order valence-corrected chi connectivity index (χ3v) is 3.53. The van der Waals surface area contributed by atoms with Gasteiger partial charge in [-0.05, 0) is 38.6 Å². The van der Waals surface area contributed by atoms with Crippen molar-refractivity contribution >= 4 is 5.91 Å². The zero-order chi connectivity index (χ0) is 11.4. The first-order chi connectivity index (χ1) is 7.79. The summed E-state index contributed by atoms with van der Waals surface area (Å²) in [6, 6.07) is 1.11. The average Bonchev–Trinajstić information content (AvgIpc) is 2.95. The van der Waals surface area contributed by atoms with Gasteiger partial charge >= 0.3 is 0 Å². The van der Waals surface area contributed by atoms with Gasteiger partial charge in [0.05, 0.1) is 6.54 Å². The molecule has 0 heterocycles. The largest absolute Gasteiger partial charge is 0.352 e. The van der Waals surface area contributed by atoms with E-state index in [-0.39, 0.29) is 5.91 Å². The summed E-state index contributed by atoms with van der Waals surface area (Å²) in [7, 11) is 0. The van der Waals surface area contributed by atoms with Gasteiger partial charge in [0.15, 0.2) is 0 Å². The van der Waals surface area contributed by atoms with E-state index in [1.807, 2.05) is 0 Å². The van der Waals surface area contributed by atoms with Crippen LogP contribution in [0.5, 0.6) is 0 Å². The van der Waals surface area contributed by atoms with E-state index >= 15 is 0 Å². The molecule has 2 saturated carbocycles. The van der Waals surface area contributed by atoms with Gasteiger partial charge in [-0.1, -0.05) is 6.42 Å². The Morgan fingerprint density at radius 1 is 1.31 bits per heavy atom. The Kier molecular flexibility index (Phi) is 4.18. The molecular formula is C12H23N3O. The second-order valence-electron chi connectivity index (χ2n) is 5.04. The molecule has 0 atom stereocenters. The Balaban J connectivity index is 1.72. The molecule has 2 aliphatic carbocycles. The van der Waals surface area contributed by atoms with Gasteiger partial charge in [-0.15, -0.1) is 0 Å². The molecule has 2 aliphatic rings. The average molecular weight is 225 g/mol. The molecule has 0 radical (unpaired) electrons. The van der Waals surface area contributed by atoms with Gasteiger partial charge in [0, 0.05) is 18.6 Å². The number of hydrogen-bond donors (Lipinski definition) is 2. The first kappa shape index (κ1) is 11.9. The van der Waals surface area contributed by atoms with Gasteiger partial charge in [0.25, 0.3) is 0 Å². The van der Waals surface area contributed by atoms with Crippen LogP contribution in [0.3, 0.4) is 0 Å². The maximum atomic E-state index is 11.7. The molecule has 2 rings (SSSR count). The van der Waals surface area contributed by atoms with Crippen molar-refractivity contribution in [2.75, 3.05) is 19.6 Å². The van der Waals surface area contributed by atoms with Gasteiger partial charge in [-0.25, -0.2) is 0 Å². The smallest absolute Gasteiger partial charge is 0.234 e. The summed E-state index contributed by atoms with van der Waals surface area (Å²) in [5.74, 6) is 0.200. The van der Waals surface area contributed by atoms with E-state index in [2.05, 4.69) is 10.2 Å². The van der Waals surface area contributed by atoms with Crippen LogP contribution in [0.4, 0.5) is 0 Å². The van der Waals surface area contributed by atoms with Crippen LogP contribution in [0.1, 0.15) is 38.5 Å². The van der Waals surface area contributed by atoms with E-state index in [1.165, 1.54) is 19.3 Å². The first-order valence-corrected chi connectivity index (χ1v) is 6.53. The van der Waals surface area contributed by atoms with Crippen molar-refractivity contribution in [2.24, 2.45) is 5.73 Å². The van der Waals surface area contributed by atoms with E-state index in [0.29, 0.717) is 25.2 Å². The van der Waals surface area contributed by atoms with E-state index in [1.54, 1.807) is 0 Å². The lowest BCUT2D eigenvalue weighted by Crippen LogP contribution is -2.47. The van der Waals surface area contributed by atoms with Gasteiger partial charge < -0.3 is 11.1 Å². The lowest BCUT2D eigenvalue weighted by atomic mass is 9.91. The van der Waals surface area contributed by atoms with E-state index < -0.39 is 0 Å². The van der Waals surface area contributed by atoms with Crippen LogP contribution in [-0.4, -0.2) is 42.5 Å². The molecule has 3 N–H and O–H groups in total. The van der Waals surface area contributed by atoms with Gasteiger partial charge in [0.1, 0.15) is 0 Å². The van der Waals surface area contributed by atoms with E-state index in [0.717, 1.165) is 25.8 Å². The fourth-order valence-corrected chi connectivity index (χ4v) is 2.12. The fraction of sp³-hybridized carbons (Fsp3) is 0.917. The molecular weight excluding hydrogens is 202 g/mol. The third kappa shape index (κ3) is 3.46. The molecule has 4 heteroatoms. The molecule has 0 aromatic heterocycles. The van der Waals surface area contributed by atoms with Crippen LogP contribution in [-0.2, 0) is 4.79 Å². The lowest BCUT2D eigenvalue weighted by molar-refractivity contribution is -0.123. The third-order valence-electron chi connectivity index (χ3n) is 3.53. The monoisotopic (exact) mass is 225 g/mol. The minimum atomic E-state index is 0.200. The second-order valence-corrected chi connectivity index (χ2v) is 5.04. The predicted molar refractivity (Wildman–Crippen MR) is 64.0 cm³/mol. The number of nitrogens with one attached hydrogen (secondary N) is 1. The summed E-state index contributed by atoms with van der Waals surface area (Å²) in [4.78, 5) is 14.0. The molecule has 16 heavy (non-hydrogen) atoms. The summed E-state index contributed by atoms with van der Waals surface area (Å²) in [5, 5.41) is 3.05.